The number of fused-ring (bicyclic) bond motifs is 3. The normalized spacial score (nSPS) is 24.8. The van der Waals surface area contributed by atoms with Crippen molar-refractivity contribution in [2.45, 2.75) is 115 Å². The Bertz CT molecular complexity index is 2240. The zero-order valence-electron chi connectivity index (χ0n) is 34.6. The predicted molar refractivity (Wildman–Crippen MR) is 223 cm³/mol. The molecule has 4 aromatic heterocycles. The van der Waals surface area contributed by atoms with E-state index < -0.39 is 12.0 Å². The summed E-state index contributed by atoms with van der Waals surface area (Å²) in [7, 11) is 0. The number of aromatic nitrogens is 6. The SMILES string of the molecule is CC(C)[C@@H](C(=O)N1C[C@H](O)C[C@H]1C)c1cc(OCC2CCC(N3CCC(c4cnc(N5CCc6[nH]c7nnc(-c8ccccc8O)cc7c6[C@H]5C)nc4)CC3)CC2)no1. The Hall–Kier alpha value is -5.08. The maximum Gasteiger partial charge on any atom is 0.254 e. The number of anilines is 1. The average molecular weight is 804 g/mol. The summed E-state index contributed by atoms with van der Waals surface area (Å²) in [5.74, 6) is 2.38. The van der Waals surface area contributed by atoms with E-state index in [4.69, 9.17) is 19.2 Å². The molecule has 14 heteroatoms. The van der Waals surface area contributed by atoms with E-state index in [9.17, 15) is 15.0 Å². The number of amides is 1. The van der Waals surface area contributed by atoms with E-state index in [1.165, 1.54) is 29.7 Å². The molecule has 3 N–H and O–H groups in total. The van der Waals surface area contributed by atoms with Crippen molar-refractivity contribution in [2.24, 2.45) is 11.8 Å². The maximum atomic E-state index is 13.5. The van der Waals surface area contributed by atoms with Gasteiger partial charge >= 0.3 is 0 Å². The number of hydrogen-bond donors (Lipinski definition) is 3. The number of para-hydroxylation sites is 1. The standard InChI is InChI=1S/C45H57N9O5/c1-26(2)41(44(57)54-24-33(55)19-27(54)3)39-21-40(51-59-39)58-25-29-9-11-32(12-10-29)52-16-13-30(14-17-52)31-22-46-45(47-23-31)53-18-15-36-42(28(53)4)35-20-37(49-50-43(35)48-36)34-7-5-6-8-38(34)56/h5-8,20-23,26-30,32-33,41,55-56H,9-19,24-25H2,1-4H3,(H,48,50)/t27-,28-,29?,32?,33-,41-/m1/s1. The lowest BCUT2D eigenvalue weighted by molar-refractivity contribution is -0.135. The topological polar surface area (TPSA) is 170 Å². The zero-order chi connectivity index (χ0) is 40.8. The molecule has 4 aliphatic rings. The second kappa shape index (κ2) is 16.5. The Balaban J connectivity index is 0.750. The first-order valence-electron chi connectivity index (χ1n) is 21.7. The fourth-order valence-electron chi connectivity index (χ4n) is 10.3. The van der Waals surface area contributed by atoms with Gasteiger partial charge in [0.25, 0.3) is 5.88 Å². The number of piperidine rings is 1. The number of likely N-dealkylation sites (tertiary alicyclic amines) is 2. The summed E-state index contributed by atoms with van der Waals surface area (Å²) < 4.78 is 11.8. The lowest BCUT2D eigenvalue weighted by Gasteiger charge is -2.40. The van der Waals surface area contributed by atoms with Crippen molar-refractivity contribution in [3.05, 3.63) is 71.4 Å². The van der Waals surface area contributed by atoms with Gasteiger partial charge in [0.15, 0.2) is 11.4 Å². The molecule has 312 valence electrons. The van der Waals surface area contributed by atoms with E-state index >= 15 is 0 Å². The summed E-state index contributed by atoms with van der Waals surface area (Å²) in [5, 5.41) is 34.6. The van der Waals surface area contributed by atoms with Crippen LogP contribution in [0, 0.1) is 11.8 Å². The first kappa shape index (κ1) is 39.4. The fraction of sp³-hybridized carbons (Fsp3) is 0.556. The van der Waals surface area contributed by atoms with E-state index in [0.29, 0.717) is 60.3 Å². The van der Waals surface area contributed by atoms with Crippen molar-refractivity contribution in [3.63, 3.8) is 0 Å². The van der Waals surface area contributed by atoms with Crippen LogP contribution < -0.4 is 9.64 Å². The highest BCUT2D eigenvalue weighted by Gasteiger charge is 2.39. The molecule has 5 aromatic rings. The minimum absolute atomic E-state index is 0.00424. The third-order valence-corrected chi connectivity index (χ3v) is 13.6. The van der Waals surface area contributed by atoms with E-state index in [1.54, 1.807) is 23.1 Å². The molecule has 7 heterocycles. The number of benzene rings is 1. The van der Waals surface area contributed by atoms with Crippen LogP contribution in [0.2, 0.25) is 0 Å². The molecular formula is C45H57N9O5. The summed E-state index contributed by atoms with van der Waals surface area (Å²) in [5.41, 5.74) is 5.64. The monoisotopic (exact) mass is 803 g/mol. The number of β-amino-alcohol motifs (C(OH)–C–C–N with tert-alkyl or cyclic N) is 1. The number of ether oxygens (including phenoxy) is 1. The molecule has 2 saturated heterocycles. The second-order valence-corrected chi connectivity index (χ2v) is 17.8. The number of phenolic OH excluding ortho intramolecular Hbond substituents is 1. The number of aliphatic hydroxyl groups is 1. The number of nitrogens with one attached hydrogen (secondary N) is 1. The molecule has 0 spiro atoms. The van der Waals surface area contributed by atoms with Crippen LogP contribution in [-0.2, 0) is 11.2 Å². The van der Waals surface area contributed by atoms with Gasteiger partial charge in [0.2, 0.25) is 11.9 Å². The third kappa shape index (κ3) is 7.88. The van der Waals surface area contributed by atoms with E-state index in [-0.39, 0.29) is 29.7 Å². The number of rotatable bonds is 10. The smallest absolute Gasteiger partial charge is 0.254 e. The largest absolute Gasteiger partial charge is 0.507 e. The summed E-state index contributed by atoms with van der Waals surface area (Å²) in [6.07, 6.45) is 11.8. The quantitative estimate of drug-likeness (QED) is 0.136. The average Bonchev–Trinajstić information content (AvgIpc) is 3.96. The second-order valence-electron chi connectivity index (χ2n) is 17.8. The van der Waals surface area contributed by atoms with Gasteiger partial charge in [-0.25, -0.2) is 9.97 Å². The molecule has 3 fully saturated rings. The number of aromatic amines is 1. The Morgan fingerprint density at radius 1 is 1.00 bits per heavy atom. The number of carbonyl (C=O) groups is 1. The molecule has 1 saturated carbocycles. The first-order chi connectivity index (χ1) is 28.6. The summed E-state index contributed by atoms with van der Waals surface area (Å²) in [6.45, 7) is 12.1. The van der Waals surface area contributed by atoms with Gasteiger partial charge in [-0.1, -0.05) is 26.0 Å². The first-order valence-corrected chi connectivity index (χ1v) is 21.7. The van der Waals surface area contributed by atoms with Crippen LogP contribution in [0.5, 0.6) is 11.6 Å². The Kier molecular flexibility index (Phi) is 11.0. The van der Waals surface area contributed by atoms with Crippen LogP contribution in [0.15, 0.2) is 53.3 Å². The third-order valence-electron chi connectivity index (χ3n) is 13.6. The summed E-state index contributed by atoms with van der Waals surface area (Å²) in [6, 6.07) is 11.7. The van der Waals surface area contributed by atoms with Crippen LogP contribution in [0.1, 0.15) is 113 Å². The Morgan fingerprint density at radius 3 is 2.47 bits per heavy atom. The van der Waals surface area contributed by atoms with Crippen molar-refractivity contribution in [1.29, 1.82) is 0 Å². The van der Waals surface area contributed by atoms with E-state index in [0.717, 1.165) is 68.7 Å². The Labute approximate surface area is 345 Å². The minimum Gasteiger partial charge on any atom is -0.507 e. The highest BCUT2D eigenvalue weighted by Crippen LogP contribution is 2.40. The number of hydrogen-bond acceptors (Lipinski definition) is 12. The van der Waals surface area contributed by atoms with Crippen LogP contribution in [0.4, 0.5) is 5.95 Å². The summed E-state index contributed by atoms with van der Waals surface area (Å²) >= 11 is 0. The lowest BCUT2D eigenvalue weighted by atomic mass is 9.83. The van der Waals surface area contributed by atoms with Crippen molar-refractivity contribution < 1.29 is 24.3 Å². The molecule has 0 radical (unpaired) electrons. The molecule has 3 aliphatic heterocycles. The van der Waals surface area contributed by atoms with Crippen LogP contribution in [0.25, 0.3) is 22.3 Å². The molecule has 0 bridgehead atoms. The van der Waals surface area contributed by atoms with Gasteiger partial charge in [-0.3, -0.25) is 4.79 Å². The van der Waals surface area contributed by atoms with Gasteiger partial charge in [0, 0.05) is 72.3 Å². The molecule has 14 nitrogen and oxygen atoms in total. The lowest BCUT2D eigenvalue weighted by Crippen LogP contribution is -2.43. The summed E-state index contributed by atoms with van der Waals surface area (Å²) in [4.78, 5) is 33.5. The maximum absolute atomic E-state index is 13.5. The van der Waals surface area contributed by atoms with Crippen LogP contribution >= 0.6 is 0 Å². The minimum atomic E-state index is -0.476. The van der Waals surface area contributed by atoms with Gasteiger partial charge in [-0.15, -0.1) is 10.2 Å². The number of aliphatic hydroxyl groups excluding tert-OH is 1. The van der Waals surface area contributed by atoms with Gasteiger partial charge < -0.3 is 39.2 Å². The fourth-order valence-corrected chi connectivity index (χ4v) is 10.3. The van der Waals surface area contributed by atoms with Crippen LogP contribution in [-0.4, -0.2) is 107 Å². The zero-order valence-corrected chi connectivity index (χ0v) is 34.6. The molecule has 9 rings (SSSR count). The van der Waals surface area contributed by atoms with Crippen LogP contribution in [0.3, 0.4) is 0 Å². The number of phenols is 1. The molecular weight excluding hydrogens is 747 g/mol. The van der Waals surface area contributed by atoms with Gasteiger partial charge in [-0.2, -0.15) is 0 Å². The Morgan fingerprint density at radius 2 is 1.76 bits per heavy atom. The van der Waals surface area contributed by atoms with Gasteiger partial charge in [-0.05, 0) is 119 Å². The highest BCUT2D eigenvalue weighted by molar-refractivity contribution is 5.86. The van der Waals surface area contributed by atoms with E-state index in [1.807, 2.05) is 51.4 Å². The number of aromatic hydroxyl groups is 1. The number of carbonyl (C=O) groups excluding carboxylic acids is 1. The van der Waals surface area contributed by atoms with Crippen molar-refractivity contribution in [2.75, 3.05) is 37.7 Å². The molecule has 1 amide bonds. The van der Waals surface area contributed by atoms with Crippen molar-refractivity contribution >= 4 is 22.9 Å². The van der Waals surface area contributed by atoms with Crippen molar-refractivity contribution in [3.8, 4) is 22.9 Å². The number of H-pyrrole nitrogens is 1. The molecule has 1 aliphatic carbocycles. The predicted octanol–water partition coefficient (Wildman–Crippen LogP) is 6.77. The number of nitrogens with zero attached hydrogens (tertiary/aromatic N) is 8. The highest BCUT2D eigenvalue weighted by atomic mass is 16.5. The van der Waals surface area contributed by atoms with Crippen molar-refractivity contribution in [1.82, 2.24) is 40.1 Å². The van der Waals surface area contributed by atoms with E-state index in [2.05, 4.69) is 37.1 Å². The molecule has 4 atom stereocenters. The molecule has 0 unspecified atom stereocenters. The molecule has 59 heavy (non-hydrogen) atoms. The molecule has 1 aromatic carbocycles. The van der Waals surface area contributed by atoms with Gasteiger partial charge in [0.1, 0.15) is 11.7 Å². The van der Waals surface area contributed by atoms with Gasteiger partial charge in [0.05, 0.1) is 24.4 Å².